The fourth-order valence-corrected chi connectivity index (χ4v) is 2.72. The van der Waals surface area contributed by atoms with Gasteiger partial charge in [-0.3, -0.25) is 4.98 Å². The maximum atomic E-state index is 12.7. The van der Waals surface area contributed by atoms with E-state index in [4.69, 9.17) is 4.74 Å². The molecular formula is C16H20N6O2. The van der Waals surface area contributed by atoms with Gasteiger partial charge in [-0.05, 0) is 35.4 Å². The third-order valence-corrected chi connectivity index (χ3v) is 3.92. The third kappa shape index (κ3) is 3.12. The molecule has 2 aromatic rings. The number of carbonyl (C=O) groups is 1. The molecular weight excluding hydrogens is 308 g/mol. The van der Waals surface area contributed by atoms with Crippen LogP contribution in [0.25, 0.3) is 0 Å². The molecule has 0 saturated carbocycles. The van der Waals surface area contributed by atoms with Crippen LogP contribution in [0, 0.1) is 0 Å². The lowest BCUT2D eigenvalue weighted by Gasteiger charge is -2.27. The molecule has 0 amide bonds. The van der Waals surface area contributed by atoms with Crippen LogP contribution in [0.2, 0.25) is 0 Å². The van der Waals surface area contributed by atoms with Crippen molar-refractivity contribution in [3.63, 3.8) is 0 Å². The predicted octanol–water partition coefficient (Wildman–Crippen LogP) is 2.09. The number of fused-ring (bicyclic) bond motifs is 1. The van der Waals surface area contributed by atoms with Crippen LogP contribution in [0.5, 0.6) is 0 Å². The number of hydrogen-bond acceptors (Lipinski definition) is 7. The molecule has 1 aliphatic heterocycles. The van der Waals surface area contributed by atoms with Crippen molar-refractivity contribution in [1.82, 2.24) is 25.2 Å². The summed E-state index contributed by atoms with van der Waals surface area (Å²) in [5, 5.41) is 14.7. The summed E-state index contributed by atoms with van der Waals surface area (Å²) in [6.45, 7) is 4.34. The van der Waals surface area contributed by atoms with E-state index in [1.165, 1.54) is 0 Å². The molecule has 1 atom stereocenters. The third-order valence-electron chi connectivity index (χ3n) is 3.92. The standard InChI is InChI=1S/C16H20N6O2/c1-3-4-5-9-24-15(23)13-11(2)18-16-19-20-21-22(16)14(13)12-7-6-8-17-10-12/h6-8,10,14H,3-5,9H2,1-2H3,(H,18,19,21)/t14-/m0/s1. The lowest BCUT2D eigenvalue weighted by atomic mass is 9.97. The lowest BCUT2D eigenvalue weighted by molar-refractivity contribution is -0.139. The zero-order valence-corrected chi connectivity index (χ0v) is 13.8. The minimum Gasteiger partial charge on any atom is -0.462 e. The highest BCUT2D eigenvalue weighted by Gasteiger charge is 2.34. The summed E-state index contributed by atoms with van der Waals surface area (Å²) in [7, 11) is 0. The monoisotopic (exact) mass is 328 g/mol. The zero-order valence-electron chi connectivity index (χ0n) is 13.8. The van der Waals surface area contributed by atoms with Crippen molar-refractivity contribution in [3.05, 3.63) is 41.4 Å². The molecule has 3 heterocycles. The van der Waals surface area contributed by atoms with E-state index in [-0.39, 0.29) is 5.97 Å². The number of aromatic nitrogens is 5. The average Bonchev–Trinajstić information content (AvgIpc) is 3.06. The number of rotatable bonds is 6. The lowest BCUT2D eigenvalue weighted by Crippen LogP contribution is -2.30. The van der Waals surface area contributed by atoms with E-state index in [0.29, 0.717) is 23.8 Å². The fourth-order valence-electron chi connectivity index (χ4n) is 2.72. The number of ether oxygens (including phenoxy) is 1. The first-order chi connectivity index (χ1) is 11.7. The van der Waals surface area contributed by atoms with Crippen molar-refractivity contribution in [2.24, 2.45) is 0 Å². The number of nitrogens with one attached hydrogen (secondary N) is 1. The maximum Gasteiger partial charge on any atom is 0.338 e. The second kappa shape index (κ2) is 7.20. The maximum absolute atomic E-state index is 12.7. The second-order valence-electron chi connectivity index (χ2n) is 5.64. The molecule has 24 heavy (non-hydrogen) atoms. The topological polar surface area (TPSA) is 94.8 Å². The van der Waals surface area contributed by atoms with Crippen LogP contribution in [0.4, 0.5) is 5.95 Å². The van der Waals surface area contributed by atoms with Crippen molar-refractivity contribution in [1.29, 1.82) is 0 Å². The molecule has 126 valence electrons. The summed E-state index contributed by atoms with van der Waals surface area (Å²) >= 11 is 0. The number of unbranched alkanes of at least 4 members (excludes halogenated alkanes) is 2. The van der Waals surface area contributed by atoms with Gasteiger partial charge in [0, 0.05) is 18.1 Å². The molecule has 8 heteroatoms. The van der Waals surface area contributed by atoms with Gasteiger partial charge in [0.25, 0.3) is 0 Å². The summed E-state index contributed by atoms with van der Waals surface area (Å²) in [5.74, 6) is 0.134. The van der Waals surface area contributed by atoms with Crippen molar-refractivity contribution in [3.8, 4) is 0 Å². The van der Waals surface area contributed by atoms with Gasteiger partial charge in [-0.15, -0.1) is 0 Å². The van der Waals surface area contributed by atoms with E-state index in [9.17, 15) is 4.79 Å². The minimum absolute atomic E-state index is 0.355. The van der Waals surface area contributed by atoms with Crippen LogP contribution in [-0.4, -0.2) is 37.8 Å². The van der Waals surface area contributed by atoms with E-state index in [1.54, 1.807) is 17.1 Å². The Hall–Kier alpha value is -2.77. The second-order valence-corrected chi connectivity index (χ2v) is 5.64. The number of anilines is 1. The van der Waals surface area contributed by atoms with Crippen molar-refractivity contribution < 1.29 is 9.53 Å². The van der Waals surface area contributed by atoms with Crippen molar-refractivity contribution in [2.45, 2.75) is 39.2 Å². The first kappa shape index (κ1) is 16.1. The number of nitrogens with zero attached hydrogens (tertiary/aromatic N) is 5. The highest BCUT2D eigenvalue weighted by Crippen LogP contribution is 2.34. The summed E-state index contributed by atoms with van der Waals surface area (Å²) < 4.78 is 7.03. The Morgan fingerprint density at radius 2 is 2.29 bits per heavy atom. The molecule has 0 aromatic carbocycles. The highest BCUT2D eigenvalue weighted by molar-refractivity contribution is 5.92. The van der Waals surface area contributed by atoms with Crippen LogP contribution in [0.15, 0.2) is 35.8 Å². The predicted molar refractivity (Wildman–Crippen MR) is 87.0 cm³/mol. The van der Waals surface area contributed by atoms with Gasteiger partial charge < -0.3 is 10.1 Å². The zero-order chi connectivity index (χ0) is 16.9. The minimum atomic E-state index is -0.455. The number of pyridine rings is 1. The summed E-state index contributed by atoms with van der Waals surface area (Å²) in [6, 6.07) is 3.26. The smallest absolute Gasteiger partial charge is 0.338 e. The van der Waals surface area contributed by atoms with Crippen LogP contribution in [-0.2, 0) is 9.53 Å². The van der Waals surface area contributed by atoms with E-state index < -0.39 is 6.04 Å². The molecule has 0 unspecified atom stereocenters. The Morgan fingerprint density at radius 3 is 3.04 bits per heavy atom. The molecule has 0 spiro atoms. The van der Waals surface area contributed by atoms with Crippen LogP contribution in [0.3, 0.4) is 0 Å². The molecule has 0 aliphatic carbocycles. The van der Waals surface area contributed by atoms with E-state index in [0.717, 1.165) is 24.8 Å². The Bertz CT molecular complexity index is 740. The molecule has 0 bridgehead atoms. The van der Waals surface area contributed by atoms with Gasteiger partial charge in [0.15, 0.2) is 0 Å². The van der Waals surface area contributed by atoms with Gasteiger partial charge >= 0.3 is 5.97 Å². The molecule has 0 fully saturated rings. The molecule has 0 radical (unpaired) electrons. The van der Waals surface area contributed by atoms with Gasteiger partial charge in [0.1, 0.15) is 6.04 Å². The van der Waals surface area contributed by atoms with Crippen molar-refractivity contribution in [2.75, 3.05) is 11.9 Å². The largest absolute Gasteiger partial charge is 0.462 e. The average molecular weight is 328 g/mol. The van der Waals surface area contributed by atoms with Crippen LogP contribution >= 0.6 is 0 Å². The fraction of sp³-hybridized carbons (Fsp3) is 0.438. The van der Waals surface area contributed by atoms with E-state index in [2.05, 4.69) is 32.7 Å². The Labute approximate surface area is 139 Å². The number of allylic oxidation sites excluding steroid dienone is 1. The van der Waals surface area contributed by atoms with E-state index in [1.807, 2.05) is 19.1 Å². The summed E-state index contributed by atoms with van der Waals surface area (Å²) in [4.78, 5) is 16.8. The number of esters is 1. The number of tetrazole rings is 1. The molecule has 2 aromatic heterocycles. The summed E-state index contributed by atoms with van der Waals surface area (Å²) in [6.07, 6.45) is 6.36. The van der Waals surface area contributed by atoms with Gasteiger partial charge in [0.2, 0.25) is 5.95 Å². The molecule has 8 nitrogen and oxygen atoms in total. The quantitative estimate of drug-likeness (QED) is 0.641. The first-order valence-electron chi connectivity index (χ1n) is 8.05. The van der Waals surface area contributed by atoms with Crippen LogP contribution in [0.1, 0.15) is 44.7 Å². The van der Waals surface area contributed by atoms with Crippen molar-refractivity contribution >= 4 is 11.9 Å². The number of hydrogen-bond donors (Lipinski definition) is 1. The molecule has 0 saturated heterocycles. The molecule has 1 N–H and O–H groups in total. The van der Waals surface area contributed by atoms with Gasteiger partial charge in [-0.25, -0.2) is 4.79 Å². The van der Waals surface area contributed by atoms with Crippen LogP contribution < -0.4 is 5.32 Å². The van der Waals surface area contributed by atoms with E-state index >= 15 is 0 Å². The van der Waals surface area contributed by atoms with Gasteiger partial charge in [-0.2, -0.15) is 4.68 Å². The number of carbonyl (C=O) groups excluding carboxylic acids is 1. The molecule has 1 aliphatic rings. The summed E-state index contributed by atoms with van der Waals surface area (Å²) in [5.41, 5.74) is 2.01. The normalized spacial score (nSPS) is 16.5. The first-order valence-corrected chi connectivity index (χ1v) is 8.05. The highest BCUT2D eigenvalue weighted by atomic mass is 16.5. The Morgan fingerprint density at radius 1 is 1.42 bits per heavy atom. The van der Waals surface area contributed by atoms with Gasteiger partial charge in [0.05, 0.1) is 12.2 Å². The van der Waals surface area contributed by atoms with Gasteiger partial charge in [-0.1, -0.05) is 30.9 Å². The molecule has 3 rings (SSSR count). The Balaban J connectivity index is 1.91. The SMILES string of the molecule is CCCCCOC(=O)C1=C(C)Nc2nnnn2[C@H]1c1cccnc1. The Kier molecular flexibility index (Phi) is 4.83.